The molecule has 6 nitrogen and oxygen atoms in total. The molecule has 0 atom stereocenters. The Balaban J connectivity index is 1.55. The number of rotatable bonds is 8. The number of nitrogens with two attached hydrogens (primary N) is 1. The Bertz CT molecular complexity index is 1240. The third kappa shape index (κ3) is 4.82. The van der Waals surface area contributed by atoms with Crippen LogP contribution in [0.2, 0.25) is 0 Å². The van der Waals surface area contributed by atoms with E-state index in [2.05, 4.69) is 4.90 Å². The Labute approximate surface area is 187 Å². The molecule has 3 aromatic rings. The number of carbonyl (C=O) groups is 1. The third-order valence-corrected chi connectivity index (χ3v) is 6.79. The van der Waals surface area contributed by atoms with E-state index in [1.165, 1.54) is 24.3 Å². The van der Waals surface area contributed by atoms with Crippen molar-refractivity contribution in [2.45, 2.75) is 44.2 Å². The second-order valence-corrected chi connectivity index (χ2v) is 9.91. The zero-order chi connectivity index (χ0) is 23.0. The van der Waals surface area contributed by atoms with Gasteiger partial charge in [-0.25, -0.2) is 17.9 Å². The minimum absolute atomic E-state index is 0.0273. The van der Waals surface area contributed by atoms with Gasteiger partial charge in [-0.05, 0) is 74.7 Å². The highest BCUT2D eigenvalue weighted by Gasteiger charge is 2.31. The number of Topliss-reactive ketones (excluding diaryl/α,β-unsaturated/α-hetero) is 1. The molecule has 0 spiro atoms. The molecule has 8 heteroatoms. The topological polar surface area (TPSA) is 85.4 Å². The smallest absolute Gasteiger partial charge is 0.238 e. The van der Waals surface area contributed by atoms with E-state index in [1.807, 2.05) is 24.5 Å². The van der Waals surface area contributed by atoms with E-state index in [0.29, 0.717) is 18.2 Å². The number of ketones is 1. The number of hydrogen-bond acceptors (Lipinski definition) is 4. The number of aromatic nitrogens is 1. The van der Waals surface area contributed by atoms with Crippen LogP contribution in [-0.2, 0) is 16.6 Å². The Morgan fingerprint density at radius 1 is 1.09 bits per heavy atom. The minimum atomic E-state index is -3.76. The van der Waals surface area contributed by atoms with Crippen molar-refractivity contribution < 1.29 is 17.6 Å². The minimum Gasteiger partial charge on any atom is -0.318 e. The highest BCUT2D eigenvalue weighted by Crippen LogP contribution is 2.29. The summed E-state index contributed by atoms with van der Waals surface area (Å²) in [5, 5.41) is 5.19. The molecule has 1 aliphatic rings. The monoisotopic (exact) mass is 455 g/mol. The number of carbonyl (C=O) groups excluding carboxylic acids is 1. The number of aryl methyl sites for hydroxylation is 1. The van der Waals surface area contributed by atoms with Gasteiger partial charge in [-0.3, -0.25) is 9.69 Å². The van der Waals surface area contributed by atoms with Crippen molar-refractivity contribution in [3.05, 3.63) is 82.9 Å². The van der Waals surface area contributed by atoms with Gasteiger partial charge in [0, 0.05) is 35.2 Å². The summed E-state index contributed by atoms with van der Waals surface area (Å²) in [6, 6.07) is 14.9. The highest BCUT2D eigenvalue weighted by atomic mass is 32.2. The fourth-order valence-corrected chi connectivity index (χ4v) is 4.59. The summed E-state index contributed by atoms with van der Waals surface area (Å²) in [7, 11) is -3.76. The van der Waals surface area contributed by atoms with Gasteiger partial charge in [0.05, 0.1) is 11.4 Å². The zero-order valence-electron chi connectivity index (χ0n) is 18.1. The summed E-state index contributed by atoms with van der Waals surface area (Å²) >= 11 is 0. The van der Waals surface area contributed by atoms with Gasteiger partial charge in [-0.2, -0.15) is 0 Å². The van der Waals surface area contributed by atoms with Crippen LogP contribution in [0, 0.1) is 19.7 Å². The van der Waals surface area contributed by atoms with E-state index in [9.17, 15) is 17.6 Å². The highest BCUT2D eigenvalue weighted by molar-refractivity contribution is 7.89. The molecule has 0 aliphatic heterocycles. The fourth-order valence-electron chi connectivity index (χ4n) is 4.08. The normalized spacial score (nSPS) is 14.2. The maximum absolute atomic E-state index is 13.2. The van der Waals surface area contributed by atoms with E-state index in [0.717, 1.165) is 35.5 Å². The van der Waals surface area contributed by atoms with E-state index < -0.39 is 10.0 Å². The van der Waals surface area contributed by atoms with E-state index in [1.54, 1.807) is 24.3 Å². The van der Waals surface area contributed by atoms with Gasteiger partial charge in [0.2, 0.25) is 10.0 Å². The molecule has 1 fully saturated rings. The Hall–Kier alpha value is -2.81. The third-order valence-electron chi connectivity index (χ3n) is 5.86. The van der Waals surface area contributed by atoms with Gasteiger partial charge in [-0.1, -0.05) is 12.1 Å². The molecule has 1 heterocycles. The van der Waals surface area contributed by atoms with Gasteiger partial charge in [0.15, 0.2) is 5.78 Å². The van der Waals surface area contributed by atoms with Crippen molar-refractivity contribution in [3.8, 4) is 5.69 Å². The number of primary sulfonamides is 1. The lowest BCUT2D eigenvalue weighted by atomic mass is 10.1. The van der Waals surface area contributed by atoms with Crippen LogP contribution < -0.4 is 5.14 Å². The van der Waals surface area contributed by atoms with Gasteiger partial charge in [-0.15, -0.1) is 0 Å². The van der Waals surface area contributed by atoms with Gasteiger partial charge in [0.25, 0.3) is 0 Å². The first-order valence-corrected chi connectivity index (χ1v) is 12.0. The second-order valence-electron chi connectivity index (χ2n) is 8.34. The molecule has 0 bridgehead atoms. The van der Waals surface area contributed by atoms with Crippen LogP contribution in [0.1, 0.15) is 40.2 Å². The Morgan fingerprint density at radius 3 is 2.28 bits per heavy atom. The standard InChI is InChI=1S/C24H26FN3O3S/c1-16-13-23(17(2)28(16)21-9-11-22(12-10-21)32(26,30)31)24(29)15-27(20-7-8-20)14-18-3-5-19(25)6-4-18/h3-6,9-13,20H,7-8,14-15H2,1-2H3,(H2,26,30,31). The first kappa shape index (κ1) is 22.4. The molecular weight excluding hydrogens is 429 g/mol. The van der Waals surface area contributed by atoms with Crippen molar-refractivity contribution in [2.24, 2.45) is 5.14 Å². The quantitative estimate of drug-likeness (QED) is 0.525. The molecule has 0 amide bonds. The molecular formula is C24H26FN3O3S. The molecule has 0 radical (unpaired) electrons. The van der Waals surface area contributed by atoms with E-state index >= 15 is 0 Å². The predicted molar refractivity (Wildman–Crippen MR) is 121 cm³/mol. The van der Waals surface area contributed by atoms with Crippen LogP contribution in [0.3, 0.4) is 0 Å². The maximum Gasteiger partial charge on any atom is 0.238 e. The van der Waals surface area contributed by atoms with Crippen LogP contribution in [0.5, 0.6) is 0 Å². The largest absolute Gasteiger partial charge is 0.318 e. The van der Waals surface area contributed by atoms with Gasteiger partial charge >= 0.3 is 0 Å². The van der Waals surface area contributed by atoms with Crippen molar-refractivity contribution in [1.82, 2.24) is 9.47 Å². The van der Waals surface area contributed by atoms with Crippen LogP contribution in [0.25, 0.3) is 5.69 Å². The molecule has 0 saturated heterocycles. The first-order chi connectivity index (χ1) is 15.1. The van der Waals surface area contributed by atoms with Crippen LogP contribution in [0.15, 0.2) is 59.5 Å². The number of nitrogens with zero attached hydrogens (tertiary/aromatic N) is 2. The van der Waals surface area contributed by atoms with Crippen molar-refractivity contribution in [2.75, 3.05) is 6.54 Å². The average Bonchev–Trinajstić information content (AvgIpc) is 3.54. The predicted octanol–water partition coefficient (Wildman–Crippen LogP) is 3.73. The molecule has 168 valence electrons. The van der Waals surface area contributed by atoms with Crippen molar-refractivity contribution in [3.63, 3.8) is 0 Å². The van der Waals surface area contributed by atoms with Crippen molar-refractivity contribution in [1.29, 1.82) is 0 Å². The molecule has 1 aromatic heterocycles. The first-order valence-electron chi connectivity index (χ1n) is 10.5. The van der Waals surface area contributed by atoms with Gasteiger partial charge < -0.3 is 4.57 Å². The summed E-state index contributed by atoms with van der Waals surface area (Å²) in [6.45, 7) is 4.69. The molecule has 1 aliphatic carbocycles. The van der Waals surface area contributed by atoms with Crippen LogP contribution >= 0.6 is 0 Å². The molecule has 2 N–H and O–H groups in total. The summed E-state index contributed by atoms with van der Waals surface area (Å²) in [5.41, 5.74) is 4.06. The second kappa shape index (κ2) is 8.61. The summed E-state index contributed by atoms with van der Waals surface area (Å²) in [6.07, 6.45) is 2.12. The lowest BCUT2D eigenvalue weighted by Gasteiger charge is -2.21. The van der Waals surface area contributed by atoms with Crippen LogP contribution in [-0.4, -0.2) is 36.3 Å². The average molecular weight is 456 g/mol. The number of hydrogen-bond donors (Lipinski definition) is 1. The lowest BCUT2D eigenvalue weighted by molar-refractivity contribution is 0.0918. The number of benzene rings is 2. The summed E-state index contributed by atoms with van der Waals surface area (Å²) in [4.78, 5) is 15.4. The van der Waals surface area contributed by atoms with Gasteiger partial charge in [0.1, 0.15) is 5.82 Å². The maximum atomic E-state index is 13.2. The Kier molecular flexibility index (Phi) is 6.03. The van der Waals surface area contributed by atoms with Crippen LogP contribution in [0.4, 0.5) is 4.39 Å². The molecule has 32 heavy (non-hydrogen) atoms. The molecule has 0 unspecified atom stereocenters. The number of halogens is 1. The summed E-state index contributed by atoms with van der Waals surface area (Å²) in [5.74, 6) is -0.244. The lowest BCUT2D eigenvalue weighted by Crippen LogP contribution is -2.31. The molecule has 4 rings (SSSR count). The fraction of sp³-hybridized carbons (Fsp3) is 0.292. The molecule has 1 saturated carbocycles. The summed E-state index contributed by atoms with van der Waals surface area (Å²) < 4.78 is 38.2. The zero-order valence-corrected chi connectivity index (χ0v) is 18.9. The van der Waals surface area contributed by atoms with E-state index in [-0.39, 0.29) is 23.0 Å². The SMILES string of the molecule is Cc1cc(C(=O)CN(Cc2ccc(F)cc2)C2CC2)c(C)n1-c1ccc(S(N)(=O)=O)cc1. The molecule has 2 aromatic carbocycles. The Morgan fingerprint density at radius 2 is 1.72 bits per heavy atom. The van der Waals surface area contributed by atoms with Crippen molar-refractivity contribution >= 4 is 15.8 Å². The van der Waals surface area contributed by atoms with E-state index in [4.69, 9.17) is 5.14 Å². The number of sulfonamides is 1.